The van der Waals surface area contributed by atoms with E-state index in [0.29, 0.717) is 0 Å². The van der Waals surface area contributed by atoms with Crippen LogP contribution < -0.4 is 0 Å². The second-order valence-corrected chi connectivity index (χ2v) is 3.85. The quantitative estimate of drug-likeness (QED) is 0.710. The molecule has 2 aromatic rings. The number of rotatable bonds is 3. The summed E-state index contributed by atoms with van der Waals surface area (Å²) in [6.45, 7) is 0. The lowest BCUT2D eigenvalue weighted by Gasteiger charge is -1.99. The molecule has 0 atom stereocenters. The van der Waals surface area contributed by atoms with Crippen molar-refractivity contribution < 1.29 is 0 Å². The summed E-state index contributed by atoms with van der Waals surface area (Å²) in [4.78, 5) is 4.32. The summed E-state index contributed by atoms with van der Waals surface area (Å²) in [7, 11) is 2.01. The van der Waals surface area contributed by atoms with Gasteiger partial charge in [-0.1, -0.05) is 6.07 Å². The van der Waals surface area contributed by atoms with Gasteiger partial charge in [0.2, 0.25) is 0 Å². The molecule has 0 radical (unpaired) electrons. The number of benzene rings is 1. The van der Waals surface area contributed by atoms with Crippen LogP contribution in [-0.2, 0) is 13.5 Å². The second kappa shape index (κ2) is 4.01. The van der Waals surface area contributed by atoms with Gasteiger partial charge < -0.3 is 4.57 Å². The van der Waals surface area contributed by atoms with Crippen LogP contribution in [0.4, 0.5) is 0 Å². The molecule has 74 valence electrons. The Morgan fingerprint density at radius 1 is 1.43 bits per heavy atom. The van der Waals surface area contributed by atoms with Crippen LogP contribution in [0.25, 0.3) is 11.0 Å². The number of fused-ring (bicyclic) bond motifs is 1. The average molecular weight is 209 g/mol. The van der Waals surface area contributed by atoms with E-state index in [-0.39, 0.29) is 0 Å². The molecule has 3 heteroatoms. The summed E-state index contributed by atoms with van der Waals surface area (Å²) >= 11 is 5.65. The van der Waals surface area contributed by atoms with Crippen molar-refractivity contribution in [1.29, 1.82) is 0 Å². The summed E-state index contributed by atoms with van der Waals surface area (Å²) in [6, 6.07) is 6.41. The summed E-state index contributed by atoms with van der Waals surface area (Å²) in [5.74, 6) is 0.722. The molecular formula is C11H13ClN2. The molecule has 0 bridgehead atoms. The van der Waals surface area contributed by atoms with Gasteiger partial charge in [0.1, 0.15) is 0 Å². The molecule has 14 heavy (non-hydrogen) atoms. The van der Waals surface area contributed by atoms with Gasteiger partial charge in [-0.3, -0.25) is 0 Å². The van der Waals surface area contributed by atoms with E-state index in [2.05, 4.69) is 23.2 Å². The Morgan fingerprint density at radius 3 is 3.07 bits per heavy atom. The average Bonchev–Trinajstić information content (AvgIpc) is 2.57. The zero-order chi connectivity index (χ0) is 9.97. The molecule has 0 spiro atoms. The molecule has 0 saturated heterocycles. The van der Waals surface area contributed by atoms with Crippen LogP contribution in [0.15, 0.2) is 24.5 Å². The third kappa shape index (κ3) is 1.75. The second-order valence-electron chi connectivity index (χ2n) is 3.47. The van der Waals surface area contributed by atoms with Gasteiger partial charge in [0.15, 0.2) is 0 Å². The fourth-order valence-electron chi connectivity index (χ4n) is 1.61. The molecule has 0 saturated carbocycles. The number of aryl methyl sites for hydroxylation is 2. The molecule has 0 unspecified atom stereocenters. The van der Waals surface area contributed by atoms with Gasteiger partial charge in [0.05, 0.1) is 17.4 Å². The highest BCUT2D eigenvalue weighted by atomic mass is 35.5. The fraction of sp³-hybridized carbons (Fsp3) is 0.364. The summed E-state index contributed by atoms with van der Waals surface area (Å²) in [6.07, 6.45) is 3.91. The summed E-state index contributed by atoms with van der Waals surface area (Å²) < 4.78 is 2.03. The topological polar surface area (TPSA) is 17.8 Å². The molecular weight excluding hydrogens is 196 g/mol. The Bertz CT molecular complexity index is 434. The predicted octanol–water partition coefficient (Wildman–Crippen LogP) is 2.74. The van der Waals surface area contributed by atoms with Gasteiger partial charge in [0, 0.05) is 12.9 Å². The van der Waals surface area contributed by atoms with Crippen LogP contribution in [0.3, 0.4) is 0 Å². The smallest absolute Gasteiger partial charge is 0.0955 e. The first-order chi connectivity index (χ1) is 6.81. The van der Waals surface area contributed by atoms with E-state index in [4.69, 9.17) is 11.6 Å². The maximum Gasteiger partial charge on any atom is 0.0955 e. The molecule has 0 aliphatic carbocycles. The Kier molecular flexibility index (Phi) is 2.73. The molecule has 0 fully saturated rings. The predicted molar refractivity (Wildman–Crippen MR) is 59.8 cm³/mol. The monoisotopic (exact) mass is 208 g/mol. The minimum absolute atomic E-state index is 0.722. The van der Waals surface area contributed by atoms with E-state index in [1.807, 2.05) is 17.9 Å². The number of aromatic nitrogens is 2. The first-order valence-corrected chi connectivity index (χ1v) is 5.30. The Labute approximate surface area is 88.5 Å². The van der Waals surface area contributed by atoms with E-state index in [1.54, 1.807) is 0 Å². The van der Waals surface area contributed by atoms with Gasteiger partial charge in [-0.05, 0) is 30.5 Å². The molecule has 2 nitrogen and oxygen atoms in total. The number of hydrogen-bond acceptors (Lipinski definition) is 1. The third-order valence-electron chi connectivity index (χ3n) is 2.39. The maximum atomic E-state index is 5.65. The molecule has 0 aliphatic rings. The standard InChI is InChI=1S/C11H13ClN2/c1-14-8-13-10-7-9(3-2-6-12)4-5-11(10)14/h4-5,7-8H,2-3,6H2,1H3. The third-order valence-corrected chi connectivity index (χ3v) is 2.66. The van der Waals surface area contributed by atoms with E-state index < -0.39 is 0 Å². The van der Waals surface area contributed by atoms with E-state index >= 15 is 0 Å². The maximum absolute atomic E-state index is 5.65. The Balaban J connectivity index is 2.32. The largest absolute Gasteiger partial charge is 0.334 e. The van der Waals surface area contributed by atoms with Crippen LogP contribution in [0, 0.1) is 0 Å². The molecule has 1 heterocycles. The lowest BCUT2D eigenvalue weighted by molar-refractivity contribution is 0.928. The van der Waals surface area contributed by atoms with Gasteiger partial charge in [-0.2, -0.15) is 0 Å². The fourth-order valence-corrected chi connectivity index (χ4v) is 1.74. The van der Waals surface area contributed by atoms with Crippen LogP contribution in [0.2, 0.25) is 0 Å². The minimum atomic E-state index is 0.722. The lowest BCUT2D eigenvalue weighted by Crippen LogP contribution is -1.87. The Hall–Kier alpha value is -1.02. The van der Waals surface area contributed by atoms with Crippen molar-refractivity contribution in [2.75, 3.05) is 5.88 Å². The highest BCUT2D eigenvalue weighted by Crippen LogP contribution is 2.14. The zero-order valence-electron chi connectivity index (χ0n) is 8.20. The first kappa shape index (κ1) is 9.53. The minimum Gasteiger partial charge on any atom is -0.334 e. The van der Waals surface area contributed by atoms with Crippen LogP contribution in [0.5, 0.6) is 0 Å². The highest BCUT2D eigenvalue weighted by Gasteiger charge is 2.00. The summed E-state index contributed by atoms with van der Waals surface area (Å²) in [5, 5.41) is 0. The van der Waals surface area contributed by atoms with Crippen LogP contribution in [-0.4, -0.2) is 15.4 Å². The van der Waals surface area contributed by atoms with Crippen molar-refractivity contribution in [3.8, 4) is 0 Å². The normalized spacial score (nSPS) is 11.0. The van der Waals surface area contributed by atoms with Gasteiger partial charge >= 0.3 is 0 Å². The molecule has 0 N–H and O–H groups in total. The van der Waals surface area contributed by atoms with Gasteiger partial charge in [-0.25, -0.2) is 4.98 Å². The number of hydrogen-bond donors (Lipinski definition) is 0. The number of imidazole rings is 1. The van der Waals surface area contributed by atoms with Crippen LogP contribution in [0.1, 0.15) is 12.0 Å². The molecule has 0 aliphatic heterocycles. The van der Waals surface area contributed by atoms with E-state index in [9.17, 15) is 0 Å². The first-order valence-electron chi connectivity index (χ1n) is 4.77. The molecule has 1 aromatic carbocycles. The van der Waals surface area contributed by atoms with Gasteiger partial charge in [-0.15, -0.1) is 11.6 Å². The van der Waals surface area contributed by atoms with Crippen molar-refractivity contribution >= 4 is 22.6 Å². The number of halogens is 1. The van der Waals surface area contributed by atoms with Crippen molar-refractivity contribution in [2.24, 2.45) is 7.05 Å². The number of alkyl halides is 1. The lowest BCUT2D eigenvalue weighted by atomic mass is 10.1. The molecule has 1 aromatic heterocycles. The highest BCUT2D eigenvalue weighted by molar-refractivity contribution is 6.17. The Morgan fingerprint density at radius 2 is 2.29 bits per heavy atom. The number of nitrogens with zero attached hydrogens (tertiary/aromatic N) is 2. The van der Waals surface area contributed by atoms with Gasteiger partial charge in [0.25, 0.3) is 0 Å². The van der Waals surface area contributed by atoms with Crippen molar-refractivity contribution in [1.82, 2.24) is 9.55 Å². The van der Waals surface area contributed by atoms with Crippen LogP contribution >= 0.6 is 11.6 Å². The van der Waals surface area contributed by atoms with E-state index in [1.165, 1.54) is 11.1 Å². The zero-order valence-corrected chi connectivity index (χ0v) is 8.96. The molecule has 0 amide bonds. The van der Waals surface area contributed by atoms with Crippen molar-refractivity contribution in [2.45, 2.75) is 12.8 Å². The van der Waals surface area contributed by atoms with Crippen molar-refractivity contribution in [3.05, 3.63) is 30.1 Å². The van der Waals surface area contributed by atoms with Crippen molar-refractivity contribution in [3.63, 3.8) is 0 Å². The van der Waals surface area contributed by atoms with E-state index in [0.717, 1.165) is 24.2 Å². The SMILES string of the molecule is Cn1cnc2cc(CCCCl)ccc21. The molecule has 2 rings (SSSR count). The summed E-state index contributed by atoms with van der Waals surface area (Å²) in [5.41, 5.74) is 3.57.